The zero-order valence-corrected chi connectivity index (χ0v) is 14.6. The molecule has 0 aromatic heterocycles. The minimum absolute atomic E-state index is 0. The number of ketones is 2. The average molecular weight is 376 g/mol. The van der Waals surface area contributed by atoms with Crippen LogP contribution in [0, 0.1) is 0 Å². The number of hydrogen-bond donors (Lipinski definition) is 3. The van der Waals surface area contributed by atoms with Crippen molar-refractivity contribution in [3.63, 3.8) is 0 Å². The van der Waals surface area contributed by atoms with Gasteiger partial charge >= 0.3 is 6.09 Å². The van der Waals surface area contributed by atoms with E-state index in [9.17, 15) is 19.6 Å². The first kappa shape index (κ1) is 23.8. The molecule has 0 aliphatic carbocycles. The zero-order chi connectivity index (χ0) is 19.7. The van der Waals surface area contributed by atoms with Gasteiger partial charge in [0.15, 0.2) is 11.6 Å². The number of nitrogens with one attached hydrogen (secondary N) is 1. The van der Waals surface area contributed by atoms with Gasteiger partial charge in [-0.15, -0.1) is 0 Å². The predicted octanol–water partition coefficient (Wildman–Crippen LogP) is 4.18. The minimum Gasteiger partial charge on any atom is -0.451 e. The van der Waals surface area contributed by atoms with Crippen LogP contribution in [0.15, 0.2) is 48.5 Å². The topological polar surface area (TPSA) is 116 Å². The van der Waals surface area contributed by atoms with E-state index in [1.807, 2.05) is 5.48 Å². The molecule has 0 heterocycles. The van der Waals surface area contributed by atoms with Crippen molar-refractivity contribution < 1.29 is 29.5 Å². The predicted molar refractivity (Wildman–Crippen MR) is 102 cm³/mol. The number of rotatable bonds is 4. The summed E-state index contributed by atoms with van der Waals surface area (Å²) in [6.07, 6.45) is -0.884. The Morgan fingerprint density at radius 1 is 0.889 bits per heavy atom. The Morgan fingerprint density at radius 3 is 1.63 bits per heavy atom. The van der Waals surface area contributed by atoms with E-state index in [1.165, 1.54) is 38.1 Å². The lowest BCUT2D eigenvalue weighted by Crippen LogP contribution is -2.26. The molecule has 0 aliphatic rings. The first-order chi connectivity index (χ1) is 12.3. The summed E-state index contributed by atoms with van der Waals surface area (Å²) in [4.78, 5) is 32.6. The number of carbonyl (C=O) groups is 3. The second-order valence-corrected chi connectivity index (χ2v) is 5.13. The number of methoxy groups -OCH3 is 1. The third kappa shape index (κ3) is 7.27. The van der Waals surface area contributed by atoms with Crippen LogP contribution in [-0.2, 0) is 4.74 Å². The second kappa shape index (κ2) is 11.4. The Balaban J connectivity index is 0.000000504. The van der Waals surface area contributed by atoms with Gasteiger partial charge in [-0.2, -0.15) is 5.06 Å². The summed E-state index contributed by atoms with van der Waals surface area (Å²) in [6, 6.07) is 12.5. The molecule has 0 aliphatic heterocycles. The van der Waals surface area contributed by atoms with Gasteiger partial charge in [-0.3, -0.25) is 25.5 Å². The van der Waals surface area contributed by atoms with E-state index in [1.54, 1.807) is 24.3 Å². The van der Waals surface area contributed by atoms with Crippen LogP contribution < -0.4 is 10.5 Å². The lowest BCUT2D eigenvalue weighted by molar-refractivity contribution is 0.100. The summed E-state index contributed by atoms with van der Waals surface area (Å²) in [7, 11) is 1.16. The van der Waals surface area contributed by atoms with Crippen molar-refractivity contribution in [2.45, 2.75) is 21.3 Å². The van der Waals surface area contributed by atoms with Gasteiger partial charge in [-0.1, -0.05) is 7.43 Å². The first-order valence-electron chi connectivity index (χ1n) is 7.49. The SMILES string of the molecule is C.CC(=O)c1ccc(NO)cc1.COC(=O)N(O)c1ccc(C(C)=O)cc1. The fourth-order valence-electron chi connectivity index (χ4n) is 1.81. The fraction of sp³-hybridized carbons (Fsp3) is 0.211. The Labute approximate surface area is 157 Å². The molecule has 0 spiro atoms. The van der Waals surface area contributed by atoms with E-state index in [-0.39, 0.29) is 24.7 Å². The zero-order valence-electron chi connectivity index (χ0n) is 14.6. The molecule has 146 valence electrons. The Morgan fingerprint density at radius 2 is 1.30 bits per heavy atom. The van der Waals surface area contributed by atoms with Crippen LogP contribution in [0.3, 0.4) is 0 Å². The van der Waals surface area contributed by atoms with Crippen LogP contribution >= 0.6 is 0 Å². The van der Waals surface area contributed by atoms with Crippen LogP contribution in [0.1, 0.15) is 42.0 Å². The van der Waals surface area contributed by atoms with Gasteiger partial charge in [0.1, 0.15) is 0 Å². The second-order valence-electron chi connectivity index (χ2n) is 5.13. The number of ether oxygens (including phenoxy) is 1. The molecule has 2 aromatic carbocycles. The normalized spacial score (nSPS) is 9.07. The highest BCUT2D eigenvalue weighted by atomic mass is 16.6. The van der Waals surface area contributed by atoms with Crippen LogP contribution in [0.4, 0.5) is 16.2 Å². The van der Waals surface area contributed by atoms with Gasteiger partial charge in [-0.05, 0) is 62.4 Å². The molecule has 3 N–H and O–H groups in total. The molecule has 27 heavy (non-hydrogen) atoms. The molecule has 0 fully saturated rings. The van der Waals surface area contributed by atoms with E-state index < -0.39 is 6.09 Å². The highest BCUT2D eigenvalue weighted by molar-refractivity contribution is 5.95. The van der Waals surface area contributed by atoms with Crippen molar-refractivity contribution in [1.29, 1.82) is 0 Å². The molecule has 0 radical (unpaired) electrons. The number of hydroxylamine groups is 1. The van der Waals surface area contributed by atoms with Crippen molar-refractivity contribution in [3.8, 4) is 0 Å². The molecule has 0 unspecified atom stereocenters. The molecule has 0 saturated heterocycles. The van der Waals surface area contributed by atoms with Crippen LogP contribution in [0.5, 0.6) is 0 Å². The lowest BCUT2D eigenvalue weighted by atomic mass is 10.1. The van der Waals surface area contributed by atoms with Gasteiger partial charge in [0.25, 0.3) is 0 Å². The van der Waals surface area contributed by atoms with E-state index in [2.05, 4.69) is 4.74 Å². The molecular weight excluding hydrogens is 352 g/mol. The summed E-state index contributed by atoms with van der Waals surface area (Å²) in [5.41, 5.74) is 3.96. The Kier molecular flexibility index (Phi) is 10.0. The Bertz CT molecular complexity index is 757. The number of anilines is 2. The Hall–Kier alpha value is -3.23. The molecule has 2 aromatic rings. The molecule has 8 heteroatoms. The quantitative estimate of drug-likeness (QED) is 0.416. The highest BCUT2D eigenvalue weighted by Crippen LogP contribution is 2.14. The average Bonchev–Trinajstić information content (AvgIpc) is 2.67. The van der Waals surface area contributed by atoms with Gasteiger partial charge in [0.2, 0.25) is 0 Å². The van der Waals surface area contributed by atoms with Gasteiger partial charge in [0, 0.05) is 11.1 Å². The van der Waals surface area contributed by atoms with Crippen molar-refractivity contribution in [2.75, 3.05) is 17.7 Å². The highest BCUT2D eigenvalue weighted by Gasteiger charge is 2.13. The van der Waals surface area contributed by atoms with E-state index in [0.29, 0.717) is 21.9 Å². The molecular formula is C19H24N2O6. The van der Waals surface area contributed by atoms with Gasteiger partial charge < -0.3 is 4.74 Å². The van der Waals surface area contributed by atoms with E-state index in [0.717, 1.165) is 7.11 Å². The molecule has 2 rings (SSSR count). The van der Waals surface area contributed by atoms with Crippen LogP contribution in [-0.4, -0.2) is 35.2 Å². The first-order valence-corrected chi connectivity index (χ1v) is 7.49. The summed E-state index contributed by atoms with van der Waals surface area (Å²) in [5.74, 6) is -0.0569. The van der Waals surface area contributed by atoms with Crippen molar-refractivity contribution in [2.24, 2.45) is 0 Å². The van der Waals surface area contributed by atoms with E-state index in [4.69, 9.17) is 5.21 Å². The number of Topliss-reactive ketones (excluding diaryl/α,β-unsaturated/α-hetero) is 2. The minimum atomic E-state index is -0.884. The van der Waals surface area contributed by atoms with Crippen LogP contribution in [0.2, 0.25) is 0 Å². The number of hydrogen-bond acceptors (Lipinski definition) is 7. The van der Waals surface area contributed by atoms with Crippen LogP contribution in [0.25, 0.3) is 0 Å². The van der Waals surface area contributed by atoms with Crippen molar-refractivity contribution in [1.82, 2.24) is 0 Å². The third-order valence-electron chi connectivity index (χ3n) is 3.29. The smallest absolute Gasteiger partial charge is 0.438 e. The number of nitrogens with zero attached hydrogens (tertiary/aromatic N) is 1. The maximum Gasteiger partial charge on any atom is 0.438 e. The maximum absolute atomic E-state index is 10.9. The van der Waals surface area contributed by atoms with Crippen molar-refractivity contribution in [3.05, 3.63) is 59.7 Å². The third-order valence-corrected chi connectivity index (χ3v) is 3.29. The summed E-state index contributed by atoms with van der Waals surface area (Å²) < 4.78 is 4.31. The largest absolute Gasteiger partial charge is 0.451 e. The molecule has 8 nitrogen and oxygen atoms in total. The fourth-order valence-corrected chi connectivity index (χ4v) is 1.81. The molecule has 0 saturated carbocycles. The van der Waals surface area contributed by atoms with E-state index >= 15 is 0 Å². The van der Waals surface area contributed by atoms with Gasteiger partial charge in [0.05, 0.1) is 18.5 Å². The molecule has 1 amide bonds. The molecule has 0 bridgehead atoms. The molecule has 0 atom stereocenters. The van der Waals surface area contributed by atoms with Gasteiger partial charge in [-0.25, -0.2) is 4.79 Å². The number of amides is 1. The lowest BCUT2D eigenvalue weighted by Gasteiger charge is -2.12. The standard InChI is InChI=1S/C10H11NO4.C8H9NO2.CH4/c1-7(12)8-3-5-9(6-4-8)11(14)10(13)15-2;1-6(10)7-2-4-8(9-11)5-3-7;/h3-6,14H,1-2H3;2-5,9,11H,1H3;1H4. The maximum atomic E-state index is 10.9. The summed E-state index contributed by atoms with van der Waals surface area (Å²) >= 11 is 0. The number of benzene rings is 2. The monoisotopic (exact) mass is 376 g/mol. The summed E-state index contributed by atoms with van der Waals surface area (Å²) in [6.45, 7) is 2.94. The summed E-state index contributed by atoms with van der Waals surface area (Å²) in [5, 5.41) is 18.1. The number of carbonyl (C=O) groups excluding carboxylic acids is 3. The van der Waals surface area contributed by atoms with Crippen molar-refractivity contribution >= 4 is 29.0 Å².